The maximum atomic E-state index is 11.0. The number of nitrogens with two attached hydrogens (primary N) is 1. The van der Waals surface area contributed by atoms with Crippen LogP contribution in [-0.2, 0) is 16.8 Å². The molecule has 1 aliphatic heterocycles. The van der Waals surface area contributed by atoms with Crippen molar-refractivity contribution >= 4 is 31.8 Å². The maximum Gasteiger partial charge on any atom is 0.274 e. The van der Waals surface area contributed by atoms with Crippen LogP contribution in [0.1, 0.15) is 17.8 Å². The van der Waals surface area contributed by atoms with Crippen molar-refractivity contribution in [1.29, 1.82) is 0 Å². The van der Waals surface area contributed by atoms with E-state index in [-0.39, 0.29) is 0 Å². The smallest absolute Gasteiger partial charge is 0.274 e. The van der Waals surface area contributed by atoms with E-state index in [9.17, 15) is 8.42 Å². The summed E-state index contributed by atoms with van der Waals surface area (Å²) in [5.74, 6) is 0.307. The second-order valence-electron chi connectivity index (χ2n) is 5.71. The molecule has 0 amide bonds. The van der Waals surface area contributed by atoms with Gasteiger partial charge in [0, 0.05) is 13.1 Å². The average Bonchev–Trinajstić information content (AvgIpc) is 2.87. The van der Waals surface area contributed by atoms with Crippen LogP contribution in [0.25, 0.3) is 10.2 Å². The van der Waals surface area contributed by atoms with Crippen LogP contribution < -0.4 is 9.86 Å². The molecule has 120 valence electrons. The first-order valence-corrected chi connectivity index (χ1v) is 9.70. The summed E-state index contributed by atoms with van der Waals surface area (Å²) in [4.78, 5) is 7.01. The lowest BCUT2D eigenvalue weighted by atomic mass is 9.98. The molecule has 1 aliphatic rings. The second kappa shape index (κ2) is 6.59. The van der Waals surface area contributed by atoms with Crippen molar-refractivity contribution in [2.45, 2.75) is 19.4 Å². The number of aromatic nitrogens is 1. The molecule has 22 heavy (non-hydrogen) atoms. The molecule has 3 rings (SSSR count). The molecule has 1 atom stereocenters. The Bertz CT molecular complexity index is 711. The normalized spacial score (nSPS) is 20.5. The van der Waals surface area contributed by atoms with Crippen LogP contribution in [0.3, 0.4) is 0 Å². The Hall–Kier alpha value is -1.06. The van der Waals surface area contributed by atoms with Crippen LogP contribution in [-0.4, -0.2) is 37.9 Å². The lowest BCUT2D eigenvalue weighted by Gasteiger charge is -2.32. The van der Waals surface area contributed by atoms with Crippen LogP contribution in [0.5, 0.6) is 0 Å². The van der Waals surface area contributed by atoms with Crippen molar-refractivity contribution in [3.8, 4) is 0 Å². The first-order chi connectivity index (χ1) is 10.5. The summed E-state index contributed by atoms with van der Waals surface area (Å²) in [6, 6.07) is 8.15. The van der Waals surface area contributed by atoms with E-state index in [0.29, 0.717) is 12.5 Å². The van der Waals surface area contributed by atoms with Crippen LogP contribution in [0.2, 0.25) is 0 Å². The van der Waals surface area contributed by atoms with Gasteiger partial charge in [0.1, 0.15) is 5.01 Å². The number of thiazole rings is 1. The van der Waals surface area contributed by atoms with Gasteiger partial charge in [0.25, 0.3) is 10.2 Å². The summed E-state index contributed by atoms with van der Waals surface area (Å²) in [5, 5.41) is 6.11. The molecule has 0 aliphatic carbocycles. The van der Waals surface area contributed by atoms with Gasteiger partial charge in [-0.15, -0.1) is 11.3 Å². The van der Waals surface area contributed by atoms with Gasteiger partial charge in [0.2, 0.25) is 0 Å². The number of piperidine rings is 1. The molecular formula is C14H20N4O2S2. The third-order valence-electron chi connectivity index (χ3n) is 3.87. The number of benzene rings is 1. The molecule has 1 aromatic heterocycles. The zero-order valence-corrected chi connectivity index (χ0v) is 13.9. The lowest BCUT2D eigenvalue weighted by Crippen LogP contribution is -2.42. The Balaban J connectivity index is 1.60. The molecule has 0 spiro atoms. The Morgan fingerprint density at radius 2 is 2.23 bits per heavy atom. The summed E-state index contributed by atoms with van der Waals surface area (Å²) in [6.45, 7) is 3.14. The van der Waals surface area contributed by atoms with Crippen LogP contribution >= 0.6 is 11.3 Å². The molecule has 8 heteroatoms. The molecule has 0 radical (unpaired) electrons. The molecule has 2 aromatic rings. The summed E-state index contributed by atoms with van der Waals surface area (Å²) < 4.78 is 25.6. The lowest BCUT2D eigenvalue weighted by molar-refractivity contribution is 0.169. The van der Waals surface area contributed by atoms with Gasteiger partial charge >= 0.3 is 0 Å². The summed E-state index contributed by atoms with van der Waals surface area (Å²) in [7, 11) is -3.60. The number of hydrogen-bond donors (Lipinski definition) is 2. The fourth-order valence-corrected chi connectivity index (χ4v) is 4.35. The Morgan fingerprint density at radius 1 is 1.41 bits per heavy atom. The number of para-hydroxylation sites is 1. The van der Waals surface area contributed by atoms with Crippen LogP contribution in [0.4, 0.5) is 0 Å². The van der Waals surface area contributed by atoms with E-state index in [1.165, 1.54) is 4.70 Å². The minimum atomic E-state index is -3.60. The van der Waals surface area contributed by atoms with Gasteiger partial charge in [-0.05, 0) is 37.4 Å². The predicted molar refractivity (Wildman–Crippen MR) is 88.7 cm³/mol. The Kier molecular flexibility index (Phi) is 4.74. The summed E-state index contributed by atoms with van der Waals surface area (Å²) >= 11 is 1.73. The highest BCUT2D eigenvalue weighted by atomic mass is 32.2. The molecule has 0 bridgehead atoms. The number of rotatable bonds is 5. The van der Waals surface area contributed by atoms with Crippen LogP contribution in [0.15, 0.2) is 24.3 Å². The van der Waals surface area contributed by atoms with E-state index in [0.717, 1.165) is 43.0 Å². The van der Waals surface area contributed by atoms with Gasteiger partial charge in [-0.25, -0.2) is 14.8 Å². The van der Waals surface area contributed by atoms with Crippen molar-refractivity contribution in [1.82, 2.24) is 14.6 Å². The van der Waals surface area contributed by atoms with Crippen molar-refractivity contribution in [3.63, 3.8) is 0 Å². The maximum absolute atomic E-state index is 11.0. The number of likely N-dealkylation sites (tertiary alicyclic amines) is 1. The number of fused-ring (bicyclic) bond motifs is 1. The Morgan fingerprint density at radius 3 is 3.00 bits per heavy atom. The largest absolute Gasteiger partial charge is 0.296 e. The highest BCUT2D eigenvalue weighted by Gasteiger charge is 2.21. The van der Waals surface area contributed by atoms with Gasteiger partial charge in [-0.3, -0.25) is 4.90 Å². The van der Waals surface area contributed by atoms with Gasteiger partial charge < -0.3 is 0 Å². The topological polar surface area (TPSA) is 88.3 Å². The van der Waals surface area contributed by atoms with Gasteiger partial charge in [-0.1, -0.05) is 12.1 Å². The van der Waals surface area contributed by atoms with Gasteiger partial charge in [-0.2, -0.15) is 8.42 Å². The fourth-order valence-electron chi connectivity index (χ4n) is 2.87. The zero-order chi connectivity index (χ0) is 15.6. The minimum absolute atomic E-state index is 0.307. The second-order valence-corrected chi connectivity index (χ2v) is 8.21. The molecule has 3 N–H and O–H groups in total. The van der Waals surface area contributed by atoms with Gasteiger partial charge in [0.05, 0.1) is 16.8 Å². The molecule has 0 unspecified atom stereocenters. The fraction of sp³-hybridized carbons (Fsp3) is 0.500. The first kappa shape index (κ1) is 15.8. The molecular weight excluding hydrogens is 320 g/mol. The molecule has 1 fully saturated rings. The van der Waals surface area contributed by atoms with Crippen molar-refractivity contribution in [2.75, 3.05) is 19.6 Å². The monoisotopic (exact) mass is 340 g/mol. The number of nitrogens with one attached hydrogen (secondary N) is 1. The molecule has 2 heterocycles. The SMILES string of the molecule is NS(=O)(=O)NC[C@@H]1CCCN(Cc2nc3ccccc3s2)C1. The summed E-state index contributed by atoms with van der Waals surface area (Å²) in [6.07, 6.45) is 2.10. The van der Waals surface area contributed by atoms with E-state index in [2.05, 4.69) is 20.7 Å². The van der Waals surface area contributed by atoms with E-state index in [4.69, 9.17) is 5.14 Å². The van der Waals surface area contributed by atoms with Crippen molar-refractivity contribution < 1.29 is 8.42 Å². The highest BCUT2D eigenvalue weighted by molar-refractivity contribution is 7.87. The highest BCUT2D eigenvalue weighted by Crippen LogP contribution is 2.24. The molecule has 1 saturated heterocycles. The van der Waals surface area contributed by atoms with E-state index in [1.54, 1.807) is 11.3 Å². The molecule has 1 aromatic carbocycles. The first-order valence-electron chi connectivity index (χ1n) is 7.34. The standard InChI is InChI=1S/C14H20N4O2S2/c15-22(19,20)16-8-11-4-3-7-18(9-11)10-14-17-12-5-1-2-6-13(12)21-14/h1-2,5-6,11,16H,3-4,7-10H2,(H2,15,19,20)/t11-/m0/s1. The number of nitrogens with zero attached hydrogens (tertiary/aromatic N) is 2. The third-order valence-corrected chi connectivity index (χ3v) is 5.46. The Labute approximate surface area is 134 Å². The van der Waals surface area contributed by atoms with E-state index < -0.39 is 10.2 Å². The zero-order valence-electron chi connectivity index (χ0n) is 12.2. The number of hydrogen-bond acceptors (Lipinski definition) is 5. The molecule has 0 saturated carbocycles. The third kappa shape index (κ3) is 4.23. The van der Waals surface area contributed by atoms with Crippen LogP contribution in [0, 0.1) is 5.92 Å². The van der Waals surface area contributed by atoms with Gasteiger partial charge in [0.15, 0.2) is 0 Å². The predicted octanol–water partition coefficient (Wildman–Crippen LogP) is 1.30. The molecule has 6 nitrogen and oxygen atoms in total. The van der Waals surface area contributed by atoms with Crippen molar-refractivity contribution in [3.05, 3.63) is 29.3 Å². The minimum Gasteiger partial charge on any atom is -0.296 e. The van der Waals surface area contributed by atoms with Crippen molar-refractivity contribution in [2.24, 2.45) is 11.1 Å². The quantitative estimate of drug-likeness (QED) is 0.859. The average molecular weight is 340 g/mol. The van der Waals surface area contributed by atoms with E-state index in [1.807, 2.05) is 18.2 Å². The summed E-state index contributed by atoms with van der Waals surface area (Å²) in [5.41, 5.74) is 1.05. The van der Waals surface area contributed by atoms with E-state index >= 15 is 0 Å².